The van der Waals surface area contributed by atoms with Crippen LogP contribution in [0.2, 0.25) is 0 Å². The van der Waals surface area contributed by atoms with E-state index in [4.69, 9.17) is 28.4 Å². The maximum atomic E-state index is 14.5. The first kappa shape index (κ1) is 38.7. The van der Waals surface area contributed by atoms with Crippen molar-refractivity contribution in [1.29, 1.82) is 0 Å². The van der Waals surface area contributed by atoms with Crippen molar-refractivity contribution in [3.8, 4) is 0 Å². The molecule has 8 rings (SSSR count). The average molecular weight is 753 g/mol. The van der Waals surface area contributed by atoms with Crippen LogP contribution in [0.4, 0.5) is 0 Å². The third-order valence-corrected chi connectivity index (χ3v) is 15.5. The van der Waals surface area contributed by atoms with E-state index in [0.717, 1.165) is 32.1 Å². The monoisotopic (exact) mass is 752 g/mol. The normalized spacial score (nSPS) is 56.7. The molecule has 14 heteroatoms. The minimum atomic E-state index is -1.74. The van der Waals surface area contributed by atoms with E-state index < -0.39 is 85.8 Å². The summed E-state index contributed by atoms with van der Waals surface area (Å²) in [5, 5.41) is 72.7. The molecule has 3 saturated carbocycles. The van der Waals surface area contributed by atoms with Crippen LogP contribution in [0.15, 0.2) is 11.6 Å². The van der Waals surface area contributed by atoms with Crippen LogP contribution < -0.4 is 0 Å². The fourth-order valence-electron chi connectivity index (χ4n) is 12.3. The molecule has 8 aliphatic rings. The van der Waals surface area contributed by atoms with Crippen molar-refractivity contribution in [2.45, 2.75) is 158 Å². The number of rotatable bonds is 6. The fraction of sp³-hybridized carbons (Fsp3) is 0.923. The fourth-order valence-corrected chi connectivity index (χ4v) is 12.3. The zero-order valence-electron chi connectivity index (χ0n) is 31.2. The second-order valence-electron chi connectivity index (χ2n) is 18.1. The van der Waals surface area contributed by atoms with Gasteiger partial charge in [0.2, 0.25) is 0 Å². The van der Waals surface area contributed by atoms with E-state index in [0.29, 0.717) is 43.5 Å². The molecular formula is C39H60O14. The quantitative estimate of drug-likeness (QED) is 0.185. The van der Waals surface area contributed by atoms with Crippen molar-refractivity contribution < 1.29 is 69.0 Å². The predicted molar refractivity (Wildman–Crippen MR) is 183 cm³/mol. The number of carbonyl (C=O) groups excluding carboxylic acids is 1. The number of hydrogen-bond acceptors (Lipinski definition) is 14. The summed E-state index contributed by atoms with van der Waals surface area (Å²) in [6.07, 6.45) is -6.67. The lowest BCUT2D eigenvalue weighted by atomic mass is 9.46. The summed E-state index contributed by atoms with van der Waals surface area (Å²) >= 11 is 0. The second-order valence-corrected chi connectivity index (χ2v) is 18.1. The first-order valence-electron chi connectivity index (χ1n) is 19.9. The van der Waals surface area contributed by atoms with Gasteiger partial charge < -0.3 is 64.2 Å². The molecule has 21 atom stereocenters. The number of ketones is 1. The van der Waals surface area contributed by atoms with Gasteiger partial charge in [0.25, 0.3) is 0 Å². The Morgan fingerprint density at radius 3 is 2.23 bits per heavy atom. The van der Waals surface area contributed by atoms with Gasteiger partial charge in [-0.15, -0.1) is 0 Å². The molecule has 4 saturated heterocycles. The second kappa shape index (κ2) is 14.1. The number of carbonyl (C=O) groups is 1. The highest BCUT2D eigenvalue weighted by Gasteiger charge is 2.71. The highest BCUT2D eigenvalue weighted by molar-refractivity contribution is 5.87. The zero-order chi connectivity index (χ0) is 37.8. The third kappa shape index (κ3) is 5.96. The summed E-state index contributed by atoms with van der Waals surface area (Å²) in [6.45, 7) is 8.38. The van der Waals surface area contributed by atoms with Crippen LogP contribution in [0.1, 0.15) is 79.1 Å². The smallest absolute Gasteiger partial charge is 0.187 e. The number of Topliss-reactive ketones (excluding diaryl/α,β-unsaturated/α-hetero) is 1. The zero-order valence-corrected chi connectivity index (χ0v) is 31.2. The lowest BCUT2D eigenvalue weighted by Crippen LogP contribution is -2.65. The molecular weight excluding hydrogens is 692 g/mol. The van der Waals surface area contributed by atoms with E-state index >= 15 is 0 Å². The molecule has 0 aromatic heterocycles. The lowest BCUT2D eigenvalue weighted by molar-refractivity contribution is -0.363. The molecule has 4 heterocycles. The average Bonchev–Trinajstić information content (AvgIpc) is 3.59. The molecule has 0 radical (unpaired) electrons. The van der Waals surface area contributed by atoms with E-state index in [-0.39, 0.29) is 41.3 Å². The Bertz CT molecular complexity index is 1400. The number of allylic oxidation sites excluding steroid dienone is 1. The van der Waals surface area contributed by atoms with Crippen LogP contribution in [0.5, 0.6) is 0 Å². The molecule has 0 aromatic rings. The Kier molecular flexibility index (Phi) is 10.3. The highest BCUT2D eigenvalue weighted by Crippen LogP contribution is 2.69. The summed E-state index contributed by atoms with van der Waals surface area (Å²) in [4.78, 5) is 14.5. The van der Waals surface area contributed by atoms with Crippen molar-refractivity contribution in [1.82, 2.24) is 0 Å². The maximum absolute atomic E-state index is 14.5. The predicted octanol–water partition coefficient (Wildman–Crippen LogP) is 0.541. The number of ether oxygens (including phenoxy) is 6. The van der Waals surface area contributed by atoms with Crippen molar-refractivity contribution in [2.75, 3.05) is 19.8 Å². The number of fused-ring (bicyclic) bond motifs is 7. The Hall–Kier alpha value is -1.11. The van der Waals surface area contributed by atoms with Gasteiger partial charge in [0.15, 0.2) is 18.4 Å². The first-order chi connectivity index (χ1) is 25.2. The van der Waals surface area contributed by atoms with Gasteiger partial charge in [0, 0.05) is 30.1 Å². The highest BCUT2D eigenvalue weighted by atomic mass is 16.7. The Labute approximate surface area is 310 Å². The van der Waals surface area contributed by atoms with Crippen molar-refractivity contribution in [3.63, 3.8) is 0 Å². The number of aliphatic hydroxyl groups is 7. The van der Waals surface area contributed by atoms with Gasteiger partial charge in [-0.3, -0.25) is 4.79 Å². The van der Waals surface area contributed by atoms with Gasteiger partial charge >= 0.3 is 0 Å². The summed E-state index contributed by atoms with van der Waals surface area (Å²) in [5.74, 6) is 1.44. The van der Waals surface area contributed by atoms with Crippen LogP contribution in [0.3, 0.4) is 0 Å². The molecule has 4 aliphatic heterocycles. The minimum absolute atomic E-state index is 0.0284. The summed E-state index contributed by atoms with van der Waals surface area (Å²) < 4.78 is 36.6. The largest absolute Gasteiger partial charge is 0.394 e. The lowest BCUT2D eigenvalue weighted by Gasteiger charge is -2.58. The Morgan fingerprint density at radius 1 is 0.830 bits per heavy atom. The van der Waals surface area contributed by atoms with E-state index in [1.165, 1.54) is 5.57 Å². The van der Waals surface area contributed by atoms with Gasteiger partial charge in [-0.1, -0.05) is 39.3 Å². The van der Waals surface area contributed by atoms with E-state index in [9.17, 15) is 40.5 Å². The summed E-state index contributed by atoms with van der Waals surface area (Å²) in [5.41, 5.74) is 0.620. The van der Waals surface area contributed by atoms with Crippen LogP contribution in [-0.4, -0.2) is 141 Å². The van der Waals surface area contributed by atoms with Crippen molar-refractivity contribution in [2.24, 2.45) is 46.3 Å². The third-order valence-electron chi connectivity index (χ3n) is 15.5. The van der Waals surface area contributed by atoms with Gasteiger partial charge in [-0.25, -0.2) is 0 Å². The number of hydrogen-bond donors (Lipinski definition) is 7. The Morgan fingerprint density at radius 2 is 1.53 bits per heavy atom. The first-order valence-corrected chi connectivity index (χ1v) is 19.9. The van der Waals surface area contributed by atoms with E-state index in [1.807, 2.05) is 0 Å². The molecule has 1 spiro atoms. The summed E-state index contributed by atoms with van der Waals surface area (Å²) in [6, 6.07) is 0. The Balaban J connectivity index is 0.929. The van der Waals surface area contributed by atoms with Crippen LogP contribution in [0.25, 0.3) is 0 Å². The van der Waals surface area contributed by atoms with E-state index in [2.05, 4.69) is 33.8 Å². The molecule has 0 unspecified atom stereocenters. The van der Waals surface area contributed by atoms with Crippen LogP contribution >= 0.6 is 0 Å². The topological polar surface area (TPSA) is 214 Å². The molecule has 0 bridgehead atoms. The van der Waals surface area contributed by atoms with Gasteiger partial charge in [0.1, 0.15) is 54.6 Å². The van der Waals surface area contributed by atoms with Gasteiger partial charge in [-0.05, 0) is 67.6 Å². The van der Waals surface area contributed by atoms with Gasteiger partial charge in [-0.2, -0.15) is 0 Å². The van der Waals surface area contributed by atoms with Crippen molar-refractivity contribution >= 4 is 5.78 Å². The molecule has 7 N–H and O–H groups in total. The molecule has 7 fully saturated rings. The molecule has 4 aliphatic carbocycles. The maximum Gasteiger partial charge on any atom is 0.187 e. The van der Waals surface area contributed by atoms with Crippen molar-refractivity contribution in [3.05, 3.63) is 11.6 Å². The molecule has 0 amide bonds. The van der Waals surface area contributed by atoms with E-state index in [1.54, 1.807) is 0 Å². The van der Waals surface area contributed by atoms with Gasteiger partial charge in [0.05, 0.1) is 32.0 Å². The molecule has 0 aromatic carbocycles. The number of aliphatic hydroxyl groups excluding tert-OH is 7. The molecule has 14 nitrogen and oxygen atoms in total. The van der Waals surface area contributed by atoms with Crippen LogP contribution in [0, 0.1) is 46.3 Å². The minimum Gasteiger partial charge on any atom is -0.394 e. The van der Waals surface area contributed by atoms with Crippen LogP contribution in [-0.2, 0) is 33.2 Å². The standard InChI is InChI=1S/C39H60O14/c1-17-7-10-39(48-16-17)18(2)28-24(53-39)12-23-21-6-5-19-11-20(8-9-37(19,3)22(21)13-27(42)38(23,28)4)49-35-33(47)31(45)34(26(15-41)51-35)52-36-32(46)30(44)29(43)25(14-40)50-36/h5,17-18,20-26,28-36,40-41,43-47H,6-16H2,1-4H3/t17-,18+,20-,21+,22-,23+,24+,25-,26+,28-,29-,30+,31+,32-,33+,34-,35+,36+,37+,38-,39-/m1/s1. The SMILES string of the molecule is C[C@@H]1CC[C@@]2(OC1)O[C@H]1C[C@H]3[C@H]4CC=C5C[C@H](O[C@H]6O[C@@H](CO)[C@@H](O[C@@H]7O[C@H](CO)[C@@H](O)[C@H](O)[C@H]7O)[C@@H](O)[C@@H]6O)CC[C@]5(C)[C@@H]4CC(=O)[C@]3(C)[C@@H]1[C@@H]2C. The molecule has 300 valence electrons. The summed E-state index contributed by atoms with van der Waals surface area (Å²) in [7, 11) is 0. The molecule has 53 heavy (non-hydrogen) atoms.